The quantitative estimate of drug-likeness (QED) is 0.667. The Morgan fingerprint density at radius 1 is 1.23 bits per heavy atom. The van der Waals surface area contributed by atoms with Crippen LogP contribution >= 0.6 is 0 Å². The lowest BCUT2D eigenvalue weighted by Crippen LogP contribution is -2.21. The summed E-state index contributed by atoms with van der Waals surface area (Å²) in [6, 6.07) is 7.47. The van der Waals surface area contributed by atoms with E-state index < -0.39 is 17.5 Å². The maximum Gasteiger partial charge on any atom is 0.255 e. The second-order valence-corrected chi connectivity index (χ2v) is 7.04. The smallest absolute Gasteiger partial charge is 0.255 e. The Morgan fingerprint density at radius 3 is 2.53 bits per heavy atom. The second-order valence-electron chi connectivity index (χ2n) is 7.04. The third-order valence-electron chi connectivity index (χ3n) is 5.22. The lowest BCUT2D eigenvalue weighted by molar-refractivity contribution is 0.102. The molecule has 0 saturated heterocycles. The number of benzene rings is 2. The zero-order valence-corrected chi connectivity index (χ0v) is 17.4. The van der Waals surface area contributed by atoms with Crippen LogP contribution in [0.5, 0.6) is 5.75 Å². The maximum atomic E-state index is 14.6. The van der Waals surface area contributed by atoms with Crippen LogP contribution in [0, 0.1) is 11.6 Å². The van der Waals surface area contributed by atoms with Gasteiger partial charge in [0.15, 0.2) is 0 Å². The van der Waals surface area contributed by atoms with Crippen molar-refractivity contribution in [1.82, 2.24) is 5.32 Å². The Labute approximate surface area is 175 Å². The molecule has 0 bridgehead atoms. The van der Waals surface area contributed by atoms with E-state index in [1.54, 1.807) is 25.3 Å². The van der Waals surface area contributed by atoms with E-state index in [1.165, 1.54) is 0 Å². The number of hydrogen-bond acceptors (Lipinski definition) is 3. The van der Waals surface area contributed by atoms with E-state index in [1.807, 2.05) is 19.1 Å². The summed E-state index contributed by atoms with van der Waals surface area (Å²) >= 11 is 0. The number of halogens is 2. The van der Waals surface area contributed by atoms with Gasteiger partial charge in [-0.05, 0) is 61.7 Å². The van der Waals surface area contributed by atoms with E-state index in [0.29, 0.717) is 36.5 Å². The molecule has 0 aromatic heterocycles. The highest BCUT2D eigenvalue weighted by Crippen LogP contribution is 2.31. The Balaban J connectivity index is 1.85. The van der Waals surface area contributed by atoms with Gasteiger partial charge in [-0.1, -0.05) is 19.1 Å². The lowest BCUT2D eigenvalue weighted by Gasteiger charge is -2.16. The minimum absolute atomic E-state index is 0.0579. The fourth-order valence-corrected chi connectivity index (χ4v) is 3.65. The van der Waals surface area contributed by atoms with E-state index in [9.17, 15) is 13.6 Å². The number of hydrogen-bond donors (Lipinski definition) is 2. The Morgan fingerprint density at radius 2 is 1.97 bits per heavy atom. The number of carbonyl (C=O) groups excluding carboxylic acids is 1. The van der Waals surface area contributed by atoms with Crippen LogP contribution in [0.25, 0.3) is 11.1 Å². The monoisotopic (exact) mass is 412 g/mol. The van der Waals surface area contributed by atoms with Crippen LogP contribution in [0.2, 0.25) is 0 Å². The van der Waals surface area contributed by atoms with Gasteiger partial charge in [0.1, 0.15) is 17.4 Å². The minimum atomic E-state index is -0.734. The number of amides is 1. The highest BCUT2D eigenvalue weighted by Gasteiger charge is 2.19. The van der Waals surface area contributed by atoms with E-state index in [0.717, 1.165) is 29.7 Å². The fourth-order valence-electron chi connectivity index (χ4n) is 3.65. The highest BCUT2D eigenvalue weighted by atomic mass is 19.1. The van der Waals surface area contributed by atoms with Crippen molar-refractivity contribution in [1.29, 1.82) is 0 Å². The molecule has 4 nitrogen and oxygen atoms in total. The Bertz CT molecular complexity index is 989. The number of methoxy groups -OCH3 is 1. The van der Waals surface area contributed by atoms with Crippen LogP contribution in [0.4, 0.5) is 14.5 Å². The molecule has 0 atom stereocenters. The molecule has 1 amide bonds. The molecule has 6 heteroatoms. The van der Waals surface area contributed by atoms with Gasteiger partial charge in [0, 0.05) is 35.0 Å². The highest BCUT2D eigenvalue weighted by molar-refractivity contribution is 6.04. The molecule has 0 aliphatic carbocycles. The lowest BCUT2D eigenvalue weighted by atomic mass is 9.97. The number of rotatable bonds is 6. The van der Waals surface area contributed by atoms with E-state index in [-0.39, 0.29) is 11.1 Å². The van der Waals surface area contributed by atoms with Crippen molar-refractivity contribution in [3.63, 3.8) is 0 Å². The first kappa shape index (κ1) is 21.7. The van der Waals surface area contributed by atoms with E-state index in [4.69, 9.17) is 4.74 Å². The molecular weight excluding hydrogens is 386 g/mol. The van der Waals surface area contributed by atoms with Gasteiger partial charge in [-0.25, -0.2) is 8.78 Å². The summed E-state index contributed by atoms with van der Waals surface area (Å²) in [5.74, 6) is -1.44. The number of carbonyl (C=O) groups is 1. The summed E-state index contributed by atoms with van der Waals surface area (Å²) in [5, 5.41) is 5.80. The minimum Gasteiger partial charge on any atom is -0.496 e. The van der Waals surface area contributed by atoms with Crippen LogP contribution < -0.4 is 15.4 Å². The van der Waals surface area contributed by atoms with Crippen molar-refractivity contribution in [2.24, 2.45) is 0 Å². The van der Waals surface area contributed by atoms with Crippen LogP contribution in [-0.4, -0.2) is 26.1 Å². The molecule has 0 fully saturated rings. The average Bonchev–Trinajstić information content (AvgIpc) is 2.75. The van der Waals surface area contributed by atoms with Crippen molar-refractivity contribution in [2.45, 2.75) is 26.7 Å². The summed E-state index contributed by atoms with van der Waals surface area (Å²) in [7, 11) is 1.56. The number of allylic oxidation sites excluding steroid dienone is 2. The van der Waals surface area contributed by atoms with Crippen LogP contribution in [-0.2, 0) is 0 Å². The molecule has 2 aromatic carbocycles. The van der Waals surface area contributed by atoms with Crippen molar-refractivity contribution < 1.29 is 18.3 Å². The first-order valence-corrected chi connectivity index (χ1v) is 10.0. The topological polar surface area (TPSA) is 50.4 Å². The van der Waals surface area contributed by atoms with Crippen LogP contribution in [0.1, 0.15) is 48.2 Å². The molecule has 1 aliphatic heterocycles. The third-order valence-corrected chi connectivity index (χ3v) is 5.22. The van der Waals surface area contributed by atoms with Gasteiger partial charge in [-0.15, -0.1) is 0 Å². The van der Waals surface area contributed by atoms with Crippen molar-refractivity contribution >= 4 is 22.7 Å². The summed E-state index contributed by atoms with van der Waals surface area (Å²) in [6.45, 7) is 5.25. The summed E-state index contributed by atoms with van der Waals surface area (Å²) in [5.41, 5.74) is 3.03. The van der Waals surface area contributed by atoms with Gasteiger partial charge in [-0.2, -0.15) is 0 Å². The maximum absolute atomic E-state index is 14.6. The van der Waals surface area contributed by atoms with Crippen molar-refractivity contribution in [3.8, 4) is 5.75 Å². The van der Waals surface area contributed by atoms with Crippen LogP contribution in [0.3, 0.4) is 0 Å². The summed E-state index contributed by atoms with van der Waals surface area (Å²) in [6.07, 6.45) is 5.17. The molecule has 2 aromatic rings. The summed E-state index contributed by atoms with van der Waals surface area (Å²) < 4.78 is 34.7. The number of anilines is 1. The van der Waals surface area contributed by atoms with Gasteiger partial charge in [0.2, 0.25) is 0 Å². The molecule has 30 heavy (non-hydrogen) atoms. The molecule has 1 heterocycles. The molecule has 0 saturated carbocycles. The molecular formula is C24H26F2N2O2. The van der Waals surface area contributed by atoms with Crippen LogP contribution in [0.15, 0.2) is 42.5 Å². The third kappa shape index (κ3) is 4.60. The van der Waals surface area contributed by atoms with E-state index in [2.05, 4.69) is 17.6 Å². The van der Waals surface area contributed by atoms with Gasteiger partial charge >= 0.3 is 0 Å². The average molecular weight is 412 g/mol. The molecule has 0 spiro atoms. The predicted molar refractivity (Wildman–Crippen MR) is 117 cm³/mol. The molecule has 2 N–H and O–H groups in total. The van der Waals surface area contributed by atoms with E-state index >= 15 is 0 Å². The van der Waals surface area contributed by atoms with Gasteiger partial charge in [0.05, 0.1) is 7.11 Å². The van der Waals surface area contributed by atoms with Gasteiger partial charge < -0.3 is 15.4 Å². The predicted octanol–water partition coefficient (Wildman–Crippen LogP) is 5.42. The largest absolute Gasteiger partial charge is 0.496 e. The van der Waals surface area contributed by atoms with Crippen molar-refractivity contribution in [2.75, 3.05) is 25.5 Å². The summed E-state index contributed by atoms with van der Waals surface area (Å²) in [4.78, 5) is 12.6. The Kier molecular flexibility index (Phi) is 7.00. The Hall–Kier alpha value is -2.99. The molecule has 1 aliphatic rings. The van der Waals surface area contributed by atoms with Gasteiger partial charge in [-0.3, -0.25) is 4.79 Å². The molecule has 3 rings (SSSR count). The normalized spacial score (nSPS) is 14.3. The number of nitrogens with one attached hydrogen (secondary N) is 2. The first-order valence-electron chi connectivity index (χ1n) is 10.0. The SMILES string of the molecule is C/C=C(\CC)c1ccc(NC(=O)c2cc(F)c(C3=CCNCC3)c(F)c2)cc1OC. The second kappa shape index (κ2) is 9.67. The molecule has 0 unspecified atom stereocenters. The first-order chi connectivity index (χ1) is 14.5. The standard InChI is InChI=1S/C24H26F2N2O2/c1-4-15(5-2)19-7-6-18(14-22(19)30-3)28-24(29)17-12-20(25)23(21(26)13-17)16-8-10-27-11-9-16/h4,6-8,12-14,27H,5,9-11H2,1-3H3,(H,28,29)/b15-4+. The zero-order chi connectivity index (χ0) is 21.7. The fraction of sp³-hybridized carbons (Fsp3) is 0.292. The number of ether oxygens (including phenoxy) is 1. The van der Waals surface area contributed by atoms with Crippen molar-refractivity contribution in [3.05, 3.63) is 70.8 Å². The molecule has 0 radical (unpaired) electrons. The molecule has 158 valence electrons. The van der Waals surface area contributed by atoms with Gasteiger partial charge in [0.25, 0.3) is 5.91 Å². The zero-order valence-electron chi connectivity index (χ0n) is 17.4.